The van der Waals surface area contributed by atoms with Crippen molar-refractivity contribution < 1.29 is 37.3 Å². The van der Waals surface area contributed by atoms with Crippen LogP contribution in [0.5, 0.6) is 17.2 Å². The van der Waals surface area contributed by atoms with Crippen molar-refractivity contribution in [1.29, 1.82) is 0 Å². The number of benzene rings is 5. The summed E-state index contributed by atoms with van der Waals surface area (Å²) in [5.41, 5.74) is 6.64. The van der Waals surface area contributed by atoms with Crippen molar-refractivity contribution in [2.24, 2.45) is 0 Å². The van der Waals surface area contributed by atoms with Gasteiger partial charge in [0.05, 0.1) is 30.7 Å². The first kappa shape index (κ1) is 38.9. The molecule has 0 saturated heterocycles. The Morgan fingerprint density at radius 1 is 0.792 bits per heavy atom. The third-order valence-electron chi connectivity index (χ3n) is 8.59. The van der Waals surface area contributed by atoms with Crippen LogP contribution in [0.4, 0.5) is 5.69 Å². The van der Waals surface area contributed by atoms with E-state index >= 15 is 0 Å². The number of aliphatic hydroxyl groups excluding tert-OH is 1. The summed E-state index contributed by atoms with van der Waals surface area (Å²) in [5.74, 6) is 1.24. The number of sulfonamides is 1. The summed E-state index contributed by atoms with van der Waals surface area (Å²) in [5, 5.41) is 14.5. The van der Waals surface area contributed by atoms with Crippen molar-refractivity contribution in [2.75, 3.05) is 31.2 Å². The minimum atomic E-state index is -3.60. The summed E-state index contributed by atoms with van der Waals surface area (Å²) < 4.78 is 50.0. The molecule has 0 amide bonds. The van der Waals surface area contributed by atoms with Crippen molar-refractivity contribution in [3.8, 4) is 28.4 Å². The van der Waals surface area contributed by atoms with Gasteiger partial charge < -0.3 is 29.4 Å². The van der Waals surface area contributed by atoms with Crippen molar-refractivity contribution >= 4 is 21.7 Å². The number of nitrogens with one attached hydrogen (secondary N) is 2. The van der Waals surface area contributed by atoms with E-state index in [1.807, 2.05) is 99.6 Å². The maximum Gasteiger partial charge on any atom is 0.338 e. The first-order chi connectivity index (χ1) is 25.4. The van der Waals surface area contributed by atoms with E-state index in [9.17, 15) is 18.3 Å². The maximum atomic E-state index is 12.8. The molecule has 278 valence electrons. The number of methoxy groups -OCH3 is 1. The predicted octanol–water partition coefficient (Wildman–Crippen LogP) is 7.38. The van der Waals surface area contributed by atoms with Crippen LogP contribution in [0.25, 0.3) is 11.1 Å². The number of aryl methyl sites for hydroxylation is 2. The molecule has 0 aliphatic carbocycles. The first-order valence-electron chi connectivity index (χ1n) is 17.2. The number of esters is 1. The van der Waals surface area contributed by atoms with E-state index in [4.69, 9.17) is 18.9 Å². The lowest BCUT2D eigenvalue weighted by molar-refractivity contribution is 0.0472. The van der Waals surface area contributed by atoms with Crippen LogP contribution in [0.15, 0.2) is 109 Å². The Hall–Kier alpha value is -5.36. The van der Waals surface area contributed by atoms with Crippen LogP contribution in [0, 0.1) is 13.8 Å². The summed E-state index contributed by atoms with van der Waals surface area (Å²) in [6, 6.07) is 33.0. The lowest BCUT2D eigenvalue weighted by atomic mass is 9.98. The zero-order valence-corrected chi connectivity index (χ0v) is 31.4. The number of carbonyl (C=O) groups is 1. The van der Waals surface area contributed by atoms with E-state index < -0.39 is 22.1 Å². The second kappa shape index (κ2) is 17.9. The second-order valence-electron chi connectivity index (χ2n) is 12.9. The van der Waals surface area contributed by atoms with Gasteiger partial charge in [0.25, 0.3) is 0 Å². The summed E-state index contributed by atoms with van der Waals surface area (Å²) in [6.07, 6.45) is 0.133. The lowest BCUT2D eigenvalue weighted by Crippen LogP contribution is -2.35. The fourth-order valence-corrected chi connectivity index (χ4v) is 6.47. The standard InChI is InChI=1S/C42H46N2O8S/c1-28-22-35(36-18-16-34(25-39(36)49-4)42(46)52-27-32-14-10-7-11-15-32)23-29(2)41(28)50-21-20-43-30(3)40(45)33-17-19-38(37(24-33)44-53(5,47)48)51-26-31-12-8-6-9-13-31/h6-19,22-25,30,40,43-45H,20-21,26-27H2,1-5H3/t30-,40+/m0/s1. The Kier molecular flexibility index (Phi) is 13.1. The zero-order valence-electron chi connectivity index (χ0n) is 30.6. The molecule has 0 spiro atoms. The van der Waals surface area contributed by atoms with Crippen LogP contribution in [0.2, 0.25) is 0 Å². The minimum absolute atomic E-state index is 0.185. The molecule has 0 saturated carbocycles. The molecule has 11 heteroatoms. The van der Waals surface area contributed by atoms with Gasteiger partial charge in [-0.3, -0.25) is 4.72 Å². The van der Waals surface area contributed by atoms with Gasteiger partial charge >= 0.3 is 5.97 Å². The predicted molar refractivity (Wildman–Crippen MR) is 207 cm³/mol. The monoisotopic (exact) mass is 738 g/mol. The molecule has 0 aromatic heterocycles. The van der Waals surface area contributed by atoms with E-state index in [0.717, 1.165) is 45.4 Å². The quantitative estimate of drug-likeness (QED) is 0.0661. The van der Waals surface area contributed by atoms with Crippen LogP contribution in [-0.2, 0) is 28.0 Å². The third-order valence-corrected chi connectivity index (χ3v) is 9.18. The van der Waals surface area contributed by atoms with Crippen LogP contribution < -0.4 is 24.2 Å². The largest absolute Gasteiger partial charge is 0.496 e. The Morgan fingerprint density at radius 2 is 1.43 bits per heavy atom. The molecule has 0 heterocycles. The maximum absolute atomic E-state index is 12.8. The SMILES string of the molecule is COc1cc(C(=O)OCc2ccccc2)ccc1-c1cc(C)c(OCCN[C@@H](C)[C@@H](O)c2ccc(OCc3ccccc3)c(NS(C)(=O)=O)c2)c(C)c1. The molecule has 53 heavy (non-hydrogen) atoms. The molecular weight excluding hydrogens is 693 g/mol. The van der Waals surface area contributed by atoms with E-state index in [1.54, 1.807) is 37.4 Å². The highest BCUT2D eigenvalue weighted by Crippen LogP contribution is 2.36. The molecule has 0 aliphatic heterocycles. The number of anilines is 1. The van der Waals surface area contributed by atoms with Gasteiger partial charge in [-0.2, -0.15) is 0 Å². The van der Waals surface area contributed by atoms with Crippen molar-refractivity contribution in [1.82, 2.24) is 5.32 Å². The van der Waals surface area contributed by atoms with Gasteiger partial charge in [0, 0.05) is 18.2 Å². The van der Waals surface area contributed by atoms with Gasteiger partial charge in [-0.05, 0) is 96.6 Å². The lowest BCUT2D eigenvalue weighted by Gasteiger charge is -2.23. The molecule has 0 fully saturated rings. The highest BCUT2D eigenvalue weighted by atomic mass is 32.2. The second-order valence-corrected chi connectivity index (χ2v) is 14.6. The first-order valence-corrected chi connectivity index (χ1v) is 19.1. The molecule has 5 aromatic carbocycles. The molecule has 0 aliphatic rings. The smallest absolute Gasteiger partial charge is 0.338 e. The zero-order chi connectivity index (χ0) is 38.0. The fraction of sp³-hybridized carbons (Fsp3) is 0.262. The fourth-order valence-electron chi connectivity index (χ4n) is 5.91. The summed E-state index contributed by atoms with van der Waals surface area (Å²) in [4.78, 5) is 12.8. The Morgan fingerprint density at radius 3 is 2.06 bits per heavy atom. The Balaban J connectivity index is 1.18. The Labute approximate surface area is 311 Å². The molecular formula is C42H46N2O8S. The number of ether oxygens (including phenoxy) is 4. The van der Waals surface area contributed by atoms with Gasteiger partial charge in [0.15, 0.2) is 0 Å². The van der Waals surface area contributed by atoms with Gasteiger partial charge in [-0.25, -0.2) is 13.2 Å². The number of hydrogen-bond acceptors (Lipinski definition) is 9. The minimum Gasteiger partial charge on any atom is -0.496 e. The van der Waals surface area contributed by atoms with E-state index in [-0.39, 0.29) is 24.9 Å². The molecule has 5 rings (SSSR count). The van der Waals surface area contributed by atoms with Crippen LogP contribution in [0.1, 0.15) is 51.2 Å². The highest BCUT2D eigenvalue weighted by Gasteiger charge is 2.20. The van der Waals surface area contributed by atoms with Crippen molar-refractivity contribution in [2.45, 2.75) is 46.1 Å². The van der Waals surface area contributed by atoms with Crippen LogP contribution >= 0.6 is 0 Å². The average molecular weight is 739 g/mol. The van der Waals surface area contributed by atoms with E-state index in [1.165, 1.54) is 0 Å². The highest BCUT2D eigenvalue weighted by molar-refractivity contribution is 7.92. The third kappa shape index (κ3) is 10.8. The number of carbonyl (C=O) groups excluding carboxylic acids is 1. The molecule has 3 N–H and O–H groups in total. The van der Waals surface area contributed by atoms with Gasteiger partial charge in [-0.15, -0.1) is 0 Å². The Bertz CT molecular complexity index is 2080. The van der Waals surface area contributed by atoms with Crippen LogP contribution in [-0.4, -0.2) is 52.1 Å². The molecule has 2 atom stereocenters. The molecule has 0 bridgehead atoms. The number of rotatable bonds is 17. The molecule has 0 unspecified atom stereocenters. The van der Waals surface area contributed by atoms with Gasteiger partial charge in [0.1, 0.15) is 37.1 Å². The average Bonchev–Trinajstić information content (AvgIpc) is 3.15. The summed E-state index contributed by atoms with van der Waals surface area (Å²) in [6.45, 7) is 7.03. The number of hydrogen-bond donors (Lipinski definition) is 3. The van der Waals surface area contributed by atoms with Crippen LogP contribution in [0.3, 0.4) is 0 Å². The van der Waals surface area contributed by atoms with Gasteiger partial charge in [-0.1, -0.05) is 66.7 Å². The topological polar surface area (TPSA) is 132 Å². The molecule has 0 radical (unpaired) electrons. The number of aliphatic hydroxyl groups is 1. The van der Waals surface area contributed by atoms with E-state index in [2.05, 4.69) is 10.0 Å². The summed E-state index contributed by atoms with van der Waals surface area (Å²) in [7, 11) is -2.03. The van der Waals surface area contributed by atoms with E-state index in [0.29, 0.717) is 35.8 Å². The molecule has 5 aromatic rings. The normalized spacial score (nSPS) is 12.4. The summed E-state index contributed by atoms with van der Waals surface area (Å²) >= 11 is 0. The molecule has 10 nitrogen and oxygen atoms in total. The van der Waals surface area contributed by atoms with Crippen molar-refractivity contribution in [3.63, 3.8) is 0 Å². The van der Waals surface area contributed by atoms with Crippen molar-refractivity contribution in [3.05, 3.63) is 143 Å². The van der Waals surface area contributed by atoms with Gasteiger partial charge in [0.2, 0.25) is 10.0 Å².